The van der Waals surface area contributed by atoms with E-state index in [9.17, 15) is 4.39 Å². The lowest BCUT2D eigenvalue weighted by Gasteiger charge is -2.23. The second-order valence-corrected chi connectivity index (χ2v) is 18.2. The van der Waals surface area contributed by atoms with Crippen LogP contribution in [0, 0.1) is 39.4 Å². The van der Waals surface area contributed by atoms with Crippen LogP contribution in [0.1, 0.15) is 105 Å². The summed E-state index contributed by atoms with van der Waals surface area (Å²) >= 11 is 0. The van der Waals surface area contributed by atoms with Crippen LogP contribution < -0.4 is 10.6 Å². The molecule has 0 fully saturated rings. The summed E-state index contributed by atoms with van der Waals surface area (Å²) in [6, 6.07) is 42.5. The predicted molar refractivity (Wildman–Crippen MR) is 294 cm³/mol. The van der Waals surface area contributed by atoms with Gasteiger partial charge in [-0.1, -0.05) is 237 Å². The minimum atomic E-state index is -0.147. The van der Waals surface area contributed by atoms with Crippen LogP contribution in [0.15, 0.2) is 182 Å². The van der Waals surface area contributed by atoms with Gasteiger partial charge in [-0.25, -0.2) is 4.39 Å². The van der Waals surface area contributed by atoms with Gasteiger partial charge < -0.3 is 4.42 Å². The molecule has 0 saturated heterocycles. The maximum Gasteiger partial charge on any atom is 0.135 e. The Kier molecular flexibility index (Phi) is 20.4. The lowest BCUT2D eigenvalue weighted by Crippen LogP contribution is -2.20. The van der Waals surface area contributed by atoms with Crippen molar-refractivity contribution in [2.24, 2.45) is 5.92 Å². The number of hydrogen-bond acceptors (Lipinski definition) is 1. The van der Waals surface area contributed by atoms with Crippen LogP contribution in [-0.2, 0) is 5.41 Å². The zero-order chi connectivity index (χ0) is 49.1. The maximum absolute atomic E-state index is 13.3. The van der Waals surface area contributed by atoms with E-state index in [1.807, 2.05) is 91.0 Å². The van der Waals surface area contributed by atoms with Crippen molar-refractivity contribution < 1.29 is 8.81 Å². The van der Waals surface area contributed by atoms with Crippen LogP contribution >= 0.6 is 0 Å². The van der Waals surface area contributed by atoms with Crippen LogP contribution in [0.25, 0.3) is 57.5 Å². The van der Waals surface area contributed by atoms with Crippen LogP contribution in [0.2, 0.25) is 0 Å². The van der Waals surface area contributed by atoms with E-state index in [1.54, 1.807) is 19.1 Å². The highest BCUT2D eigenvalue weighted by Crippen LogP contribution is 2.51. The molecule has 1 aromatic heterocycles. The van der Waals surface area contributed by atoms with Gasteiger partial charge in [0.1, 0.15) is 16.8 Å². The van der Waals surface area contributed by atoms with Crippen molar-refractivity contribution in [1.82, 2.24) is 0 Å². The van der Waals surface area contributed by atoms with Gasteiger partial charge in [0, 0.05) is 16.0 Å². The first-order valence-electron chi connectivity index (χ1n) is 23.6. The smallest absolute Gasteiger partial charge is 0.135 e. The van der Waals surface area contributed by atoms with Crippen molar-refractivity contribution >= 4 is 35.3 Å². The number of benzene rings is 6. The fourth-order valence-corrected chi connectivity index (χ4v) is 8.01. The van der Waals surface area contributed by atoms with Crippen LogP contribution in [0.4, 0.5) is 4.39 Å². The molecule has 9 rings (SSSR count). The molecule has 0 spiro atoms. The molecule has 0 aliphatic heterocycles. The van der Waals surface area contributed by atoms with Crippen LogP contribution in [-0.4, -0.2) is 0 Å². The predicted octanol–water partition coefficient (Wildman–Crippen LogP) is 17.8. The Bertz CT molecular complexity index is 2890. The van der Waals surface area contributed by atoms with E-state index in [4.69, 9.17) is 4.42 Å². The van der Waals surface area contributed by atoms with Gasteiger partial charge in [-0.05, 0) is 126 Å². The molecule has 2 aliphatic carbocycles. The molecule has 0 saturated carbocycles. The minimum absolute atomic E-state index is 0.0406. The van der Waals surface area contributed by atoms with E-state index in [-0.39, 0.29) is 11.2 Å². The van der Waals surface area contributed by atoms with Gasteiger partial charge in [0.15, 0.2) is 0 Å². The molecule has 2 heteroatoms. The molecule has 6 aromatic carbocycles. The zero-order valence-electron chi connectivity index (χ0n) is 42.0. The van der Waals surface area contributed by atoms with Gasteiger partial charge in [-0.15, -0.1) is 0 Å². The first-order chi connectivity index (χ1) is 32.1. The Hall–Kier alpha value is -6.77. The SMILES string of the molecule is C1=CCCC=C1.C=C/C(CC)=c1\c(=C)oc2ccccc12.C=Cc1c(C)cc2c(c1C=C)-c1ccc(C)cc1C2(C)C.CC(C)C.Cc1ccc(-c2ccccc2)cc1F.Cc1ccccc1. The summed E-state index contributed by atoms with van der Waals surface area (Å²) in [5.41, 5.74) is 17.3. The van der Waals surface area contributed by atoms with Crippen LogP contribution in [0.3, 0.4) is 0 Å². The molecular weight excluding hydrogens is 816 g/mol. The first-order valence-corrected chi connectivity index (χ1v) is 23.6. The third-order valence-corrected chi connectivity index (χ3v) is 11.5. The number of hydrogen-bond donors (Lipinski definition) is 0. The summed E-state index contributed by atoms with van der Waals surface area (Å²) in [6.07, 6.45) is 17.8. The quantitative estimate of drug-likeness (QED) is 0.168. The molecule has 2 aliphatic rings. The molecule has 1 heterocycles. The number of aryl methyl sites for hydroxylation is 4. The minimum Gasteiger partial charge on any atom is -0.457 e. The summed E-state index contributed by atoms with van der Waals surface area (Å²) in [7, 11) is 0. The van der Waals surface area contributed by atoms with Gasteiger partial charge in [0.2, 0.25) is 0 Å². The van der Waals surface area contributed by atoms with E-state index < -0.39 is 0 Å². The largest absolute Gasteiger partial charge is 0.457 e. The van der Waals surface area contributed by atoms with Crippen molar-refractivity contribution in [3.63, 3.8) is 0 Å². The van der Waals surface area contributed by atoms with Crippen molar-refractivity contribution in [1.29, 1.82) is 0 Å². The lowest BCUT2D eigenvalue weighted by atomic mass is 9.80. The van der Waals surface area contributed by atoms with Crippen molar-refractivity contribution in [2.75, 3.05) is 0 Å². The van der Waals surface area contributed by atoms with E-state index in [2.05, 4.69) is 155 Å². The Morgan fingerprint density at radius 3 is 1.75 bits per heavy atom. The van der Waals surface area contributed by atoms with Gasteiger partial charge in [-0.2, -0.15) is 0 Å². The highest BCUT2D eigenvalue weighted by Gasteiger charge is 2.37. The van der Waals surface area contributed by atoms with Crippen molar-refractivity contribution in [3.8, 4) is 22.3 Å². The Morgan fingerprint density at radius 2 is 1.24 bits per heavy atom. The fraction of sp³-hybridized carbons (Fsp3) is 0.231. The third kappa shape index (κ3) is 14.4. The van der Waals surface area contributed by atoms with Gasteiger partial charge in [-0.3, -0.25) is 0 Å². The van der Waals surface area contributed by atoms with Crippen LogP contribution in [0.5, 0.6) is 0 Å². The summed E-state index contributed by atoms with van der Waals surface area (Å²) in [6.45, 7) is 37.2. The van der Waals surface area contributed by atoms with Gasteiger partial charge in [0.25, 0.3) is 0 Å². The molecule has 0 amide bonds. The number of allylic oxidation sites excluding steroid dienone is 5. The normalized spacial score (nSPS) is 12.7. The molecule has 0 atom stereocenters. The number of para-hydroxylation sites is 1. The third-order valence-electron chi connectivity index (χ3n) is 11.5. The molecule has 1 nitrogen and oxygen atoms in total. The number of fused-ring (bicyclic) bond motifs is 4. The monoisotopic (exact) mass is 889 g/mol. The molecule has 0 unspecified atom stereocenters. The Morgan fingerprint density at radius 1 is 0.657 bits per heavy atom. The molecular formula is C65H73FO. The number of furan rings is 1. The number of halogens is 1. The molecule has 0 N–H and O–H groups in total. The summed E-state index contributed by atoms with van der Waals surface area (Å²) in [5, 5.41) is 2.22. The van der Waals surface area contributed by atoms with Crippen molar-refractivity contribution in [2.45, 2.75) is 93.9 Å². The highest BCUT2D eigenvalue weighted by molar-refractivity contribution is 5.91. The molecule has 0 bridgehead atoms. The molecule has 346 valence electrons. The number of rotatable bonds is 5. The average Bonchev–Trinajstić information content (AvgIpc) is 3.77. The lowest BCUT2D eigenvalue weighted by molar-refractivity contribution is 0.577. The summed E-state index contributed by atoms with van der Waals surface area (Å²) in [4.78, 5) is 0. The average molecular weight is 889 g/mol. The highest BCUT2D eigenvalue weighted by atomic mass is 19.1. The summed E-state index contributed by atoms with van der Waals surface area (Å²) < 4.78 is 18.9. The van der Waals surface area contributed by atoms with E-state index >= 15 is 0 Å². The summed E-state index contributed by atoms with van der Waals surface area (Å²) in [5.74, 6) is 0.686. The standard InChI is InChI=1S/C21H22.C14H14O.C13H11F.C7H8.C6H8.C4H10/c1-7-15-14(4)12-19-20(16(15)8-2)17-10-9-13(3)11-18(17)21(19,5)6;1-4-11(5-2)14-10(3)15-13-9-7-6-8-12(13)14;1-10-7-8-12(9-13(10)14)11-5-3-2-4-6-11;1-7-5-3-2-4-6-7;1-2-4-6-5-3-1;1-4(2)3/h7-12H,1-2H2,3-6H3;4,6-9H,1,3,5H2,2H3;2-9H,1H3;2-6H,1H3;1-4H,5-6H2;4H,1-3H3/b;14-11-;;;;. The molecule has 7 aromatic rings. The topological polar surface area (TPSA) is 13.1 Å². The van der Waals surface area contributed by atoms with E-state index in [1.165, 1.54) is 68.5 Å². The Balaban J connectivity index is 0.000000189. The van der Waals surface area contributed by atoms with Crippen molar-refractivity contribution in [3.05, 3.63) is 238 Å². The molecule has 0 radical (unpaired) electrons. The first kappa shape index (κ1) is 52.9. The second-order valence-electron chi connectivity index (χ2n) is 18.2. The van der Waals surface area contributed by atoms with Gasteiger partial charge in [0.05, 0.1) is 0 Å². The fourth-order valence-electron chi connectivity index (χ4n) is 8.01. The molecule has 67 heavy (non-hydrogen) atoms. The maximum atomic E-state index is 13.3. The van der Waals surface area contributed by atoms with E-state index in [0.29, 0.717) is 5.56 Å². The van der Waals surface area contributed by atoms with Gasteiger partial charge >= 0.3 is 0 Å². The zero-order valence-corrected chi connectivity index (χ0v) is 42.0. The Labute approximate surface area is 402 Å². The van der Waals surface area contributed by atoms with E-state index in [0.717, 1.165) is 45.1 Å². The second kappa shape index (κ2) is 25.8.